The van der Waals surface area contributed by atoms with Crippen molar-refractivity contribution >= 4 is 5.97 Å². The minimum absolute atomic E-state index is 0.174. The third-order valence-corrected chi connectivity index (χ3v) is 0.749. The number of hydrogen-bond acceptors (Lipinski definition) is 2. The summed E-state index contributed by atoms with van der Waals surface area (Å²) in [6, 6.07) is 0. The van der Waals surface area contributed by atoms with E-state index in [1.807, 2.05) is 0 Å². The Morgan fingerprint density at radius 1 is 1.75 bits per heavy atom. The van der Waals surface area contributed by atoms with E-state index in [0.29, 0.717) is 13.0 Å². The number of aliphatic carboxylic acids is 1. The molecule has 0 aliphatic heterocycles. The van der Waals surface area contributed by atoms with Crippen molar-refractivity contribution in [2.45, 2.75) is 6.42 Å². The van der Waals surface area contributed by atoms with Crippen molar-refractivity contribution in [2.75, 3.05) is 6.54 Å². The van der Waals surface area contributed by atoms with Crippen molar-refractivity contribution in [3.05, 3.63) is 12.2 Å². The van der Waals surface area contributed by atoms with Gasteiger partial charge in [-0.1, -0.05) is 6.58 Å². The lowest BCUT2D eigenvalue weighted by molar-refractivity contribution is -0.132. The maximum Gasteiger partial charge on any atom is 0.330 e. The lowest BCUT2D eigenvalue weighted by Crippen LogP contribution is -2.06. The highest BCUT2D eigenvalue weighted by atomic mass is 16.4. The van der Waals surface area contributed by atoms with Gasteiger partial charge in [-0.2, -0.15) is 0 Å². The van der Waals surface area contributed by atoms with Crippen molar-refractivity contribution in [3.63, 3.8) is 0 Å². The summed E-state index contributed by atoms with van der Waals surface area (Å²) in [5.41, 5.74) is 5.22. The minimum atomic E-state index is -0.963. The highest BCUT2D eigenvalue weighted by Gasteiger charge is 1.99. The Labute approximate surface area is 47.8 Å². The quantitative estimate of drug-likeness (QED) is 0.508. The molecule has 0 atom stereocenters. The SMILES string of the molecule is C=C(CCN)C(=O)O. The second kappa shape index (κ2) is 3.21. The van der Waals surface area contributed by atoms with Crippen LogP contribution in [0.15, 0.2) is 12.2 Å². The van der Waals surface area contributed by atoms with E-state index in [2.05, 4.69) is 6.58 Å². The molecule has 0 aromatic heterocycles. The fourth-order valence-electron chi connectivity index (χ4n) is 0.281. The first kappa shape index (κ1) is 7.17. The number of carboxylic acids is 1. The van der Waals surface area contributed by atoms with E-state index in [1.54, 1.807) is 0 Å². The molecule has 8 heavy (non-hydrogen) atoms. The molecule has 0 saturated heterocycles. The molecule has 3 heteroatoms. The van der Waals surface area contributed by atoms with Crippen LogP contribution in [0.3, 0.4) is 0 Å². The van der Waals surface area contributed by atoms with Crippen molar-refractivity contribution in [3.8, 4) is 0 Å². The van der Waals surface area contributed by atoms with Gasteiger partial charge in [-0.15, -0.1) is 0 Å². The first-order valence-corrected chi connectivity index (χ1v) is 2.29. The molecule has 0 radical (unpaired) electrons. The first-order valence-electron chi connectivity index (χ1n) is 2.29. The summed E-state index contributed by atoms with van der Waals surface area (Å²) in [5, 5.41) is 8.16. The maximum atomic E-state index is 9.93. The molecule has 0 unspecified atom stereocenters. The standard InChI is InChI=1S/C5H9NO2/c1-4(2-3-6)5(7)8/h1-3,6H2,(H,7,8). The number of nitrogens with two attached hydrogens (primary N) is 1. The highest BCUT2D eigenvalue weighted by molar-refractivity contribution is 5.85. The zero-order chi connectivity index (χ0) is 6.57. The fraction of sp³-hybridized carbons (Fsp3) is 0.400. The molecule has 0 rings (SSSR count). The van der Waals surface area contributed by atoms with Gasteiger partial charge in [-0.3, -0.25) is 0 Å². The topological polar surface area (TPSA) is 63.3 Å². The third kappa shape index (κ3) is 2.36. The van der Waals surface area contributed by atoms with Crippen LogP contribution in [0.2, 0.25) is 0 Å². The van der Waals surface area contributed by atoms with Crippen LogP contribution in [0, 0.1) is 0 Å². The Kier molecular flexibility index (Phi) is 2.88. The summed E-state index contributed by atoms with van der Waals surface area (Å²) >= 11 is 0. The van der Waals surface area contributed by atoms with Gasteiger partial charge in [0.15, 0.2) is 0 Å². The summed E-state index contributed by atoms with van der Waals surface area (Å²) in [4.78, 5) is 9.93. The average Bonchev–Trinajstić information content (AvgIpc) is 1.67. The Morgan fingerprint density at radius 3 is 2.38 bits per heavy atom. The zero-order valence-corrected chi connectivity index (χ0v) is 4.55. The van der Waals surface area contributed by atoms with Gasteiger partial charge in [-0.05, 0) is 13.0 Å². The van der Waals surface area contributed by atoms with Gasteiger partial charge in [-0.25, -0.2) is 4.79 Å². The van der Waals surface area contributed by atoms with Crippen LogP contribution in [0.4, 0.5) is 0 Å². The molecule has 0 aliphatic carbocycles. The van der Waals surface area contributed by atoms with E-state index < -0.39 is 5.97 Å². The van der Waals surface area contributed by atoms with Gasteiger partial charge in [0, 0.05) is 5.57 Å². The molecular formula is C5H9NO2. The first-order chi connectivity index (χ1) is 3.68. The van der Waals surface area contributed by atoms with Crippen molar-refractivity contribution in [1.29, 1.82) is 0 Å². The summed E-state index contributed by atoms with van der Waals surface area (Å²) in [6.07, 6.45) is 0.370. The molecule has 0 saturated carbocycles. The van der Waals surface area contributed by atoms with Crippen LogP contribution in [0.5, 0.6) is 0 Å². The molecule has 0 spiro atoms. The molecular weight excluding hydrogens is 106 g/mol. The summed E-state index contributed by atoms with van der Waals surface area (Å²) in [6.45, 7) is 3.62. The van der Waals surface area contributed by atoms with E-state index >= 15 is 0 Å². The summed E-state index contributed by atoms with van der Waals surface area (Å²) < 4.78 is 0. The molecule has 0 heterocycles. The van der Waals surface area contributed by atoms with E-state index in [0.717, 1.165) is 0 Å². The predicted octanol–water partition coefficient (Wildman–Crippen LogP) is -0.0240. The molecule has 0 aliphatic rings. The van der Waals surface area contributed by atoms with E-state index in [4.69, 9.17) is 10.8 Å². The molecule has 3 N–H and O–H groups in total. The third-order valence-electron chi connectivity index (χ3n) is 0.749. The van der Waals surface area contributed by atoms with Crippen LogP contribution in [-0.2, 0) is 4.79 Å². The Hall–Kier alpha value is -0.830. The number of hydrogen-bond donors (Lipinski definition) is 2. The van der Waals surface area contributed by atoms with Crippen LogP contribution in [0.25, 0.3) is 0 Å². The van der Waals surface area contributed by atoms with Crippen LogP contribution >= 0.6 is 0 Å². The van der Waals surface area contributed by atoms with Crippen molar-refractivity contribution in [2.24, 2.45) is 5.73 Å². The number of carboxylic acid groups (broad SMARTS) is 1. The minimum Gasteiger partial charge on any atom is -0.478 e. The van der Waals surface area contributed by atoms with Gasteiger partial charge < -0.3 is 10.8 Å². The largest absolute Gasteiger partial charge is 0.478 e. The molecule has 0 aromatic carbocycles. The molecule has 0 fully saturated rings. The van der Waals surface area contributed by atoms with Crippen LogP contribution < -0.4 is 5.73 Å². The second-order valence-electron chi connectivity index (χ2n) is 1.45. The monoisotopic (exact) mass is 115 g/mol. The second-order valence-corrected chi connectivity index (χ2v) is 1.45. The maximum absolute atomic E-state index is 9.93. The predicted molar refractivity (Wildman–Crippen MR) is 30.4 cm³/mol. The van der Waals surface area contributed by atoms with Crippen molar-refractivity contribution in [1.82, 2.24) is 0 Å². The lowest BCUT2D eigenvalue weighted by Gasteiger charge is -1.92. The van der Waals surface area contributed by atoms with Gasteiger partial charge in [0.1, 0.15) is 0 Å². The Bertz CT molecular complexity index is 109. The Morgan fingerprint density at radius 2 is 2.25 bits per heavy atom. The van der Waals surface area contributed by atoms with Gasteiger partial charge in [0.05, 0.1) is 0 Å². The smallest absolute Gasteiger partial charge is 0.330 e. The van der Waals surface area contributed by atoms with Crippen LogP contribution in [-0.4, -0.2) is 17.6 Å². The molecule has 0 bridgehead atoms. The van der Waals surface area contributed by atoms with Crippen molar-refractivity contribution < 1.29 is 9.90 Å². The molecule has 46 valence electrons. The summed E-state index contributed by atoms with van der Waals surface area (Å²) in [5.74, 6) is -0.963. The van der Waals surface area contributed by atoms with Gasteiger partial charge in [0.2, 0.25) is 0 Å². The average molecular weight is 115 g/mol. The molecule has 3 nitrogen and oxygen atoms in total. The van der Waals surface area contributed by atoms with Crippen LogP contribution in [0.1, 0.15) is 6.42 Å². The number of carbonyl (C=O) groups is 1. The van der Waals surface area contributed by atoms with E-state index in [-0.39, 0.29) is 5.57 Å². The zero-order valence-electron chi connectivity index (χ0n) is 4.55. The lowest BCUT2D eigenvalue weighted by atomic mass is 10.2. The highest BCUT2D eigenvalue weighted by Crippen LogP contribution is 1.93. The van der Waals surface area contributed by atoms with Gasteiger partial charge >= 0.3 is 5.97 Å². The number of rotatable bonds is 3. The fourth-order valence-corrected chi connectivity index (χ4v) is 0.281. The normalized spacial score (nSPS) is 8.62. The molecule has 0 aromatic rings. The Balaban J connectivity index is 3.49. The van der Waals surface area contributed by atoms with E-state index in [9.17, 15) is 4.79 Å². The molecule has 0 amide bonds. The van der Waals surface area contributed by atoms with E-state index in [1.165, 1.54) is 0 Å². The van der Waals surface area contributed by atoms with Gasteiger partial charge in [0.25, 0.3) is 0 Å². The summed E-state index contributed by atoms with van der Waals surface area (Å²) in [7, 11) is 0.